The zero-order valence-corrected chi connectivity index (χ0v) is 13.1. The molecule has 1 aliphatic heterocycles. The second-order valence-corrected chi connectivity index (χ2v) is 6.83. The number of H-pyrrole nitrogens is 1. The largest absolute Gasteiger partial charge is 0.346 e. The van der Waals surface area contributed by atoms with E-state index in [9.17, 15) is 4.79 Å². The highest BCUT2D eigenvalue weighted by Crippen LogP contribution is 2.43. The van der Waals surface area contributed by atoms with Crippen molar-refractivity contribution in [1.29, 1.82) is 0 Å². The Labute approximate surface area is 130 Å². The highest BCUT2D eigenvalue weighted by Gasteiger charge is 2.37. The number of carbonyl (C=O) groups excluding carboxylic acids is 1. The van der Waals surface area contributed by atoms with E-state index in [1.54, 1.807) is 4.90 Å². The number of carbonyl (C=O) groups is 1. The third-order valence-electron chi connectivity index (χ3n) is 5.53. The van der Waals surface area contributed by atoms with Crippen LogP contribution in [0, 0.1) is 5.92 Å². The van der Waals surface area contributed by atoms with E-state index in [0.29, 0.717) is 0 Å². The summed E-state index contributed by atoms with van der Waals surface area (Å²) in [5, 5.41) is 1.11. The molecule has 2 aliphatic rings. The Morgan fingerprint density at radius 2 is 2.09 bits per heavy atom. The van der Waals surface area contributed by atoms with Crippen molar-refractivity contribution in [2.75, 3.05) is 11.9 Å². The number of hydrogen-bond acceptors (Lipinski definition) is 2. The second-order valence-electron chi connectivity index (χ2n) is 6.83. The number of fused-ring (bicyclic) bond motifs is 3. The maximum atomic E-state index is 12.7. The van der Waals surface area contributed by atoms with Gasteiger partial charge >= 0.3 is 0 Å². The minimum atomic E-state index is 0.0169. The van der Waals surface area contributed by atoms with Crippen LogP contribution in [-0.4, -0.2) is 22.9 Å². The summed E-state index contributed by atoms with van der Waals surface area (Å²) in [4.78, 5) is 22.1. The Morgan fingerprint density at radius 1 is 1.27 bits per heavy atom. The van der Waals surface area contributed by atoms with Crippen LogP contribution in [0.2, 0.25) is 0 Å². The lowest BCUT2D eigenvalue weighted by Gasteiger charge is -2.22. The maximum absolute atomic E-state index is 12.7. The SMILES string of the molecule is CN1C(=O)C(CCC2CCCCC2)c2c1cnc1[nH]ccc21. The van der Waals surface area contributed by atoms with E-state index >= 15 is 0 Å². The van der Waals surface area contributed by atoms with Crippen molar-refractivity contribution in [3.05, 3.63) is 24.0 Å². The lowest BCUT2D eigenvalue weighted by molar-refractivity contribution is -0.119. The molecule has 4 rings (SSSR count). The molecule has 2 aromatic rings. The molecule has 4 nitrogen and oxygen atoms in total. The molecular weight excluding hydrogens is 274 g/mol. The molecule has 0 spiro atoms. The fourth-order valence-electron chi connectivity index (χ4n) is 4.27. The number of nitrogens with zero attached hydrogens (tertiary/aromatic N) is 2. The smallest absolute Gasteiger partial charge is 0.234 e. The molecule has 1 amide bonds. The van der Waals surface area contributed by atoms with Gasteiger partial charge in [-0.05, 0) is 24.8 Å². The molecule has 116 valence electrons. The van der Waals surface area contributed by atoms with E-state index in [2.05, 4.69) is 16.0 Å². The van der Waals surface area contributed by atoms with E-state index in [1.807, 2.05) is 19.4 Å². The average Bonchev–Trinajstić information content (AvgIpc) is 3.11. The number of nitrogens with one attached hydrogen (secondary N) is 1. The average molecular weight is 297 g/mol. The molecule has 2 aromatic heterocycles. The summed E-state index contributed by atoms with van der Waals surface area (Å²) in [7, 11) is 1.88. The first-order chi connectivity index (χ1) is 10.8. The third-order valence-corrected chi connectivity index (χ3v) is 5.53. The number of amides is 1. The Morgan fingerprint density at radius 3 is 2.91 bits per heavy atom. The summed E-state index contributed by atoms with van der Waals surface area (Å²) in [5.74, 6) is 1.07. The number of aromatic amines is 1. The minimum absolute atomic E-state index is 0.0169. The van der Waals surface area contributed by atoms with Crippen LogP contribution in [0.1, 0.15) is 56.4 Å². The molecule has 1 unspecified atom stereocenters. The van der Waals surface area contributed by atoms with Crippen LogP contribution < -0.4 is 4.90 Å². The normalized spacial score (nSPS) is 22.5. The Hall–Kier alpha value is -1.84. The van der Waals surface area contributed by atoms with Gasteiger partial charge in [0.15, 0.2) is 0 Å². The molecule has 4 heteroatoms. The van der Waals surface area contributed by atoms with Crippen LogP contribution in [0.4, 0.5) is 5.69 Å². The lowest BCUT2D eigenvalue weighted by atomic mass is 9.83. The van der Waals surface area contributed by atoms with Crippen LogP contribution in [0.25, 0.3) is 11.0 Å². The zero-order chi connectivity index (χ0) is 15.1. The molecule has 0 bridgehead atoms. The van der Waals surface area contributed by atoms with Crippen molar-refractivity contribution in [3.63, 3.8) is 0 Å². The first kappa shape index (κ1) is 13.8. The van der Waals surface area contributed by atoms with Gasteiger partial charge in [-0.3, -0.25) is 4.79 Å². The van der Waals surface area contributed by atoms with Gasteiger partial charge in [0.1, 0.15) is 5.65 Å². The van der Waals surface area contributed by atoms with Gasteiger partial charge in [-0.15, -0.1) is 0 Å². The summed E-state index contributed by atoms with van der Waals surface area (Å²) in [6.07, 6.45) is 12.7. The Kier molecular flexibility index (Phi) is 3.40. The van der Waals surface area contributed by atoms with E-state index in [-0.39, 0.29) is 11.8 Å². The number of anilines is 1. The highest BCUT2D eigenvalue weighted by atomic mass is 16.2. The quantitative estimate of drug-likeness (QED) is 0.931. The van der Waals surface area contributed by atoms with Crippen LogP contribution in [0.3, 0.4) is 0 Å². The van der Waals surface area contributed by atoms with Crippen molar-refractivity contribution in [2.45, 2.75) is 50.9 Å². The van der Waals surface area contributed by atoms with E-state index in [0.717, 1.165) is 29.1 Å². The van der Waals surface area contributed by atoms with Crippen LogP contribution >= 0.6 is 0 Å². The lowest BCUT2D eigenvalue weighted by Crippen LogP contribution is -2.24. The van der Waals surface area contributed by atoms with Crippen LogP contribution in [0.5, 0.6) is 0 Å². The number of aromatic nitrogens is 2. The summed E-state index contributed by atoms with van der Waals surface area (Å²) in [6, 6.07) is 2.06. The van der Waals surface area contributed by atoms with Crippen molar-refractivity contribution in [2.24, 2.45) is 5.92 Å². The van der Waals surface area contributed by atoms with Gasteiger partial charge in [0.05, 0.1) is 17.8 Å². The molecule has 1 atom stereocenters. The topological polar surface area (TPSA) is 49.0 Å². The number of likely N-dealkylation sites (N-methyl/N-ethyl adjacent to an activating group) is 1. The minimum Gasteiger partial charge on any atom is -0.346 e. The first-order valence-corrected chi connectivity index (χ1v) is 8.49. The Bertz CT molecular complexity index is 699. The first-order valence-electron chi connectivity index (χ1n) is 8.49. The highest BCUT2D eigenvalue weighted by molar-refractivity contribution is 6.08. The van der Waals surface area contributed by atoms with Gasteiger partial charge in [0.2, 0.25) is 5.91 Å². The van der Waals surface area contributed by atoms with Crippen LogP contribution in [0.15, 0.2) is 18.5 Å². The van der Waals surface area contributed by atoms with Gasteiger partial charge in [-0.25, -0.2) is 4.98 Å². The summed E-state index contributed by atoms with van der Waals surface area (Å²) >= 11 is 0. The molecule has 0 saturated heterocycles. The predicted octanol–water partition coefficient (Wildman–Crippen LogP) is 3.98. The molecule has 1 saturated carbocycles. The van der Waals surface area contributed by atoms with Gasteiger partial charge in [-0.1, -0.05) is 32.1 Å². The predicted molar refractivity (Wildman–Crippen MR) is 88.1 cm³/mol. The maximum Gasteiger partial charge on any atom is 0.234 e. The standard InChI is InChI=1S/C18H23N3O/c1-21-15-11-20-17-13(9-10-19-17)16(15)14(18(21)22)8-7-12-5-3-2-4-6-12/h9-12,14H,2-8H2,1H3,(H,19,20). The summed E-state index contributed by atoms with van der Waals surface area (Å²) in [6.45, 7) is 0. The van der Waals surface area contributed by atoms with Crippen molar-refractivity contribution >= 4 is 22.6 Å². The van der Waals surface area contributed by atoms with Gasteiger partial charge < -0.3 is 9.88 Å². The summed E-state index contributed by atoms with van der Waals surface area (Å²) in [5.41, 5.74) is 3.07. The molecule has 3 heterocycles. The van der Waals surface area contributed by atoms with Crippen molar-refractivity contribution in [1.82, 2.24) is 9.97 Å². The van der Waals surface area contributed by atoms with Crippen molar-refractivity contribution in [3.8, 4) is 0 Å². The second kappa shape index (κ2) is 5.41. The molecule has 22 heavy (non-hydrogen) atoms. The van der Waals surface area contributed by atoms with E-state index in [1.165, 1.54) is 44.1 Å². The van der Waals surface area contributed by atoms with E-state index in [4.69, 9.17) is 0 Å². The van der Waals surface area contributed by atoms with E-state index < -0.39 is 0 Å². The fourth-order valence-corrected chi connectivity index (χ4v) is 4.27. The third kappa shape index (κ3) is 2.13. The molecule has 1 fully saturated rings. The summed E-state index contributed by atoms with van der Waals surface area (Å²) < 4.78 is 0. The zero-order valence-electron chi connectivity index (χ0n) is 13.1. The molecule has 1 aliphatic carbocycles. The number of pyridine rings is 1. The molecule has 1 N–H and O–H groups in total. The monoisotopic (exact) mass is 297 g/mol. The fraction of sp³-hybridized carbons (Fsp3) is 0.556. The number of hydrogen-bond donors (Lipinski definition) is 1. The molecular formula is C18H23N3O. The van der Waals surface area contributed by atoms with Gasteiger partial charge in [0.25, 0.3) is 0 Å². The van der Waals surface area contributed by atoms with Gasteiger partial charge in [-0.2, -0.15) is 0 Å². The molecule has 0 aromatic carbocycles. The number of rotatable bonds is 3. The van der Waals surface area contributed by atoms with Gasteiger partial charge in [0, 0.05) is 24.2 Å². The van der Waals surface area contributed by atoms with Crippen molar-refractivity contribution < 1.29 is 4.79 Å². The van der Waals surface area contributed by atoms with Crippen LogP contribution in [-0.2, 0) is 4.79 Å². The Balaban J connectivity index is 1.63. The molecule has 0 radical (unpaired) electrons.